The molecule has 6 nitrogen and oxygen atoms in total. The Labute approximate surface area is 119 Å². The van der Waals surface area contributed by atoms with E-state index < -0.39 is 11.9 Å². The van der Waals surface area contributed by atoms with Crippen LogP contribution in [-0.2, 0) is 0 Å². The number of carbonyl (C=O) groups is 2. The van der Waals surface area contributed by atoms with E-state index in [1.807, 2.05) is 0 Å². The first kappa shape index (κ1) is 14.0. The van der Waals surface area contributed by atoms with Crippen molar-refractivity contribution >= 4 is 23.5 Å². The highest BCUT2D eigenvalue weighted by molar-refractivity contribution is 6.29. The predicted molar refractivity (Wildman–Crippen MR) is 70.1 cm³/mol. The van der Waals surface area contributed by atoms with Gasteiger partial charge in [0.15, 0.2) is 0 Å². The van der Waals surface area contributed by atoms with Gasteiger partial charge in [0.1, 0.15) is 5.15 Å². The van der Waals surface area contributed by atoms with Crippen LogP contribution in [0.4, 0.5) is 0 Å². The second-order valence-corrected chi connectivity index (χ2v) is 4.28. The summed E-state index contributed by atoms with van der Waals surface area (Å²) in [5, 5.41) is 9.01. The molecule has 2 aromatic rings. The van der Waals surface area contributed by atoms with E-state index in [1.165, 1.54) is 24.4 Å². The van der Waals surface area contributed by atoms with Crippen LogP contribution >= 0.6 is 11.6 Å². The SMILES string of the molecule is Cc1cc(C(=O)Oc2cc(C(=O)O)ccn2)cc(Cl)n1. The van der Waals surface area contributed by atoms with Crippen LogP contribution in [0.3, 0.4) is 0 Å². The summed E-state index contributed by atoms with van der Waals surface area (Å²) in [5.41, 5.74) is 0.758. The fourth-order valence-electron chi connectivity index (χ4n) is 1.50. The summed E-state index contributed by atoms with van der Waals surface area (Å²) in [6.45, 7) is 1.69. The third kappa shape index (κ3) is 3.30. The Morgan fingerprint density at radius 1 is 1.25 bits per heavy atom. The smallest absolute Gasteiger partial charge is 0.345 e. The van der Waals surface area contributed by atoms with Gasteiger partial charge in [0.2, 0.25) is 5.88 Å². The monoisotopic (exact) mass is 292 g/mol. The van der Waals surface area contributed by atoms with Crippen molar-refractivity contribution in [3.8, 4) is 5.88 Å². The summed E-state index contributed by atoms with van der Waals surface area (Å²) in [6, 6.07) is 5.33. The number of nitrogens with zero attached hydrogens (tertiary/aromatic N) is 2. The highest BCUT2D eigenvalue weighted by atomic mass is 35.5. The first-order chi connectivity index (χ1) is 9.45. The summed E-state index contributed by atoms with van der Waals surface area (Å²) >= 11 is 5.75. The maximum Gasteiger partial charge on any atom is 0.345 e. The van der Waals surface area contributed by atoms with Crippen LogP contribution in [-0.4, -0.2) is 27.0 Å². The molecule has 7 heteroatoms. The van der Waals surface area contributed by atoms with E-state index in [0.29, 0.717) is 5.69 Å². The molecule has 1 N–H and O–H groups in total. The van der Waals surface area contributed by atoms with Gasteiger partial charge in [0, 0.05) is 18.0 Å². The van der Waals surface area contributed by atoms with Crippen molar-refractivity contribution in [2.75, 3.05) is 0 Å². The lowest BCUT2D eigenvalue weighted by atomic mass is 10.2. The number of hydrogen-bond acceptors (Lipinski definition) is 5. The fourth-order valence-corrected chi connectivity index (χ4v) is 1.75. The molecule has 0 bridgehead atoms. The van der Waals surface area contributed by atoms with Gasteiger partial charge in [-0.2, -0.15) is 0 Å². The Morgan fingerprint density at radius 2 is 2.00 bits per heavy atom. The van der Waals surface area contributed by atoms with Crippen LogP contribution in [0, 0.1) is 6.92 Å². The van der Waals surface area contributed by atoms with Crippen molar-refractivity contribution in [1.82, 2.24) is 9.97 Å². The van der Waals surface area contributed by atoms with Gasteiger partial charge in [-0.1, -0.05) is 11.6 Å². The van der Waals surface area contributed by atoms with Crippen LogP contribution in [0.15, 0.2) is 30.5 Å². The summed E-state index contributed by atoms with van der Waals surface area (Å²) in [5.74, 6) is -1.92. The molecule has 20 heavy (non-hydrogen) atoms. The minimum atomic E-state index is -1.13. The fraction of sp³-hybridized carbons (Fsp3) is 0.0769. The Kier molecular flexibility index (Phi) is 3.95. The van der Waals surface area contributed by atoms with Crippen LogP contribution < -0.4 is 4.74 Å². The number of hydrogen-bond donors (Lipinski definition) is 1. The number of aromatic carboxylic acids is 1. The predicted octanol–water partition coefficient (Wildman–Crippen LogP) is 2.36. The van der Waals surface area contributed by atoms with Gasteiger partial charge in [0.05, 0.1) is 11.1 Å². The van der Waals surface area contributed by atoms with Crippen LogP contribution in [0.5, 0.6) is 5.88 Å². The summed E-state index contributed by atoms with van der Waals surface area (Å²) in [7, 11) is 0. The normalized spacial score (nSPS) is 10.1. The lowest BCUT2D eigenvalue weighted by Crippen LogP contribution is -2.11. The molecule has 2 heterocycles. The number of esters is 1. The average molecular weight is 293 g/mol. The summed E-state index contributed by atoms with van der Waals surface area (Å²) in [6.07, 6.45) is 1.25. The van der Waals surface area contributed by atoms with E-state index in [9.17, 15) is 9.59 Å². The van der Waals surface area contributed by atoms with Gasteiger partial charge >= 0.3 is 11.9 Å². The molecule has 0 saturated heterocycles. The van der Waals surface area contributed by atoms with Gasteiger partial charge in [-0.15, -0.1) is 0 Å². The summed E-state index contributed by atoms with van der Waals surface area (Å²) in [4.78, 5) is 30.4. The number of aromatic nitrogens is 2. The van der Waals surface area contributed by atoms with Crippen molar-refractivity contribution in [2.24, 2.45) is 0 Å². The highest BCUT2D eigenvalue weighted by Gasteiger charge is 2.13. The van der Waals surface area contributed by atoms with Gasteiger partial charge in [-0.3, -0.25) is 0 Å². The van der Waals surface area contributed by atoms with Crippen molar-refractivity contribution in [1.29, 1.82) is 0 Å². The molecule has 0 atom stereocenters. The maximum absolute atomic E-state index is 11.9. The zero-order valence-corrected chi connectivity index (χ0v) is 11.1. The number of ether oxygens (including phenoxy) is 1. The van der Waals surface area contributed by atoms with Crippen LogP contribution in [0.2, 0.25) is 5.15 Å². The average Bonchev–Trinajstić information content (AvgIpc) is 2.37. The molecule has 0 aliphatic heterocycles. The third-order valence-electron chi connectivity index (χ3n) is 2.34. The number of halogens is 1. The quantitative estimate of drug-likeness (QED) is 0.690. The first-order valence-corrected chi connectivity index (χ1v) is 5.89. The lowest BCUT2D eigenvalue weighted by Gasteiger charge is -2.05. The van der Waals surface area contributed by atoms with Gasteiger partial charge in [-0.25, -0.2) is 19.6 Å². The van der Waals surface area contributed by atoms with E-state index in [-0.39, 0.29) is 22.2 Å². The maximum atomic E-state index is 11.9. The van der Waals surface area contributed by atoms with Gasteiger partial charge < -0.3 is 9.84 Å². The lowest BCUT2D eigenvalue weighted by molar-refractivity contribution is 0.0685. The molecular weight excluding hydrogens is 284 g/mol. The molecule has 0 unspecified atom stereocenters. The molecule has 2 rings (SSSR count). The summed E-state index contributed by atoms with van der Waals surface area (Å²) < 4.78 is 5.00. The van der Waals surface area contributed by atoms with Crippen LogP contribution in [0.1, 0.15) is 26.4 Å². The molecule has 0 spiro atoms. The molecule has 102 valence electrons. The van der Waals surface area contributed by atoms with Gasteiger partial charge in [-0.05, 0) is 25.1 Å². The molecule has 0 fully saturated rings. The number of carboxylic acids is 1. The van der Waals surface area contributed by atoms with E-state index in [2.05, 4.69) is 9.97 Å². The van der Waals surface area contributed by atoms with Crippen molar-refractivity contribution < 1.29 is 19.4 Å². The Morgan fingerprint density at radius 3 is 2.65 bits per heavy atom. The second-order valence-electron chi connectivity index (χ2n) is 3.90. The minimum Gasteiger partial charge on any atom is -0.478 e. The van der Waals surface area contributed by atoms with Crippen molar-refractivity contribution in [3.63, 3.8) is 0 Å². The Hall–Kier alpha value is -2.47. The number of carbonyl (C=O) groups excluding carboxylic acids is 1. The molecule has 0 aliphatic carbocycles. The Bertz CT molecular complexity index is 668. The standard InChI is InChI=1S/C13H9ClN2O4/c1-7-4-9(5-10(14)16-7)13(19)20-11-6-8(12(17)18)2-3-15-11/h2-6H,1H3,(H,17,18). The number of aryl methyl sites for hydroxylation is 1. The number of pyridine rings is 2. The third-order valence-corrected chi connectivity index (χ3v) is 2.53. The van der Waals surface area contributed by atoms with Crippen molar-refractivity contribution in [3.05, 3.63) is 52.4 Å². The number of rotatable bonds is 3. The molecular formula is C13H9ClN2O4. The molecule has 0 aliphatic rings. The van der Waals surface area contributed by atoms with E-state index in [0.717, 1.165) is 6.07 Å². The number of carboxylic acid groups (broad SMARTS) is 1. The van der Waals surface area contributed by atoms with E-state index >= 15 is 0 Å². The van der Waals surface area contributed by atoms with Crippen molar-refractivity contribution in [2.45, 2.75) is 6.92 Å². The Balaban J connectivity index is 2.23. The van der Waals surface area contributed by atoms with E-state index in [4.69, 9.17) is 21.4 Å². The zero-order chi connectivity index (χ0) is 14.7. The van der Waals surface area contributed by atoms with Crippen LogP contribution in [0.25, 0.3) is 0 Å². The topological polar surface area (TPSA) is 89.4 Å². The largest absolute Gasteiger partial charge is 0.478 e. The molecule has 0 radical (unpaired) electrons. The molecule has 0 saturated carbocycles. The second kappa shape index (κ2) is 5.66. The van der Waals surface area contributed by atoms with E-state index in [1.54, 1.807) is 6.92 Å². The molecule has 0 aromatic carbocycles. The highest BCUT2D eigenvalue weighted by Crippen LogP contribution is 2.15. The van der Waals surface area contributed by atoms with Gasteiger partial charge in [0.25, 0.3) is 0 Å². The zero-order valence-electron chi connectivity index (χ0n) is 10.3. The minimum absolute atomic E-state index is 0.0215. The first-order valence-electron chi connectivity index (χ1n) is 5.51. The molecule has 0 amide bonds. The molecule has 2 aromatic heterocycles.